The molecule has 2 aromatic carbocycles. The SMILES string of the molecule is N#Cc1ccc(S(=O)(=O)N2CCC(C(=O)Nc3cccc(OC[C@H]4CCCO4)c3)CC2)cc1. The van der Waals surface area contributed by atoms with Crippen LogP contribution in [0.1, 0.15) is 31.2 Å². The summed E-state index contributed by atoms with van der Waals surface area (Å²) < 4.78 is 38.5. The monoisotopic (exact) mass is 469 g/mol. The maximum absolute atomic E-state index is 12.9. The molecule has 1 N–H and O–H groups in total. The van der Waals surface area contributed by atoms with Crippen LogP contribution in [-0.4, -0.2) is 51.0 Å². The molecular weight excluding hydrogens is 442 g/mol. The van der Waals surface area contributed by atoms with Crippen LogP contribution in [-0.2, 0) is 19.6 Å². The van der Waals surface area contributed by atoms with Gasteiger partial charge in [0.25, 0.3) is 0 Å². The molecule has 1 amide bonds. The number of hydrogen-bond donors (Lipinski definition) is 1. The lowest BCUT2D eigenvalue weighted by Gasteiger charge is -2.30. The largest absolute Gasteiger partial charge is 0.491 e. The number of piperidine rings is 1. The van der Waals surface area contributed by atoms with Gasteiger partial charge >= 0.3 is 0 Å². The number of anilines is 1. The molecule has 2 heterocycles. The van der Waals surface area contributed by atoms with E-state index < -0.39 is 10.0 Å². The highest BCUT2D eigenvalue weighted by atomic mass is 32.2. The third kappa shape index (κ3) is 5.71. The van der Waals surface area contributed by atoms with Crippen LogP contribution in [0.15, 0.2) is 53.4 Å². The quantitative estimate of drug-likeness (QED) is 0.667. The lowest BCUT2D eigenvalue weighted by Crippen LogP contribution is -2.41. The Morgan fingerprint density at radius 3 is 2.58 bits per heavy atom. The van der Waals surface area contributed by atoms with Gasteiger partial charge in [0.05, 0.1) is 22.6 Å². The van der Waals surface area contributed by atoms with E-state index in [1.54, 1.807) is 12.1 Å². The van der Waals surface area contributed by atoms with Gasteiger partial charge in [-0.25, -0.2) is 8.42 Å². The molecule has 0 spiro atoms. The van der Waals surface area contributed by atoms with Gasteiger partial charge in [0.15, 0.2) is 0 Å². The number of rotatable bonds is 7. The molecule has 2 aromatic rings. The molecule has 0 bridgehead atoms. The number of hydrogen-bond acceptors (Lipinski definition) is 6. The van der Waals surface area contributed by atoms with E-state index >= 15 is 0 Å². The standard InChI is InChI=1S/C24H27N3O5S/c25-16-18-6-8-23(9-7-18)33(29,30)27-12-10-19(11-13-27)24(28)26-20-3-1-4-21(15-20)32-17-22-5-2-14-31-22/h1,3-4,6-9,15,19,22H,2,5,10-14,17H2,(H,26,28)/t22-/m1/s1. The molecule has 2 aliphatic rings. The van der Waals surface area contributed by atoms with Gasteiger partial charge in [-0.2, -0.15) is 9.57 Å². The van der Waals surface area contributed by atoms with Crippen molar-refractivity contribution in [1.82, 2.24) is 4.31 Å². The van der Waals surface area contributed by atoms with Gasteiger partial charge in [-0.1, -0.05) is 6.07 Å². The normalized spacial score (nSPS) is 19.7. The lowest BCUT2D eigenvalue weighted by molar-refractivity contribution is -0.120. The van der Waals surface area contributed by atoms with Gasteiger partial charge in [-0.15, -0.1) is 0 Å². The summed E-state index contributed by atoms with van der Waals surface area (Å²) in [4.78, 5) is 12.9. The average Bonchev–Trinajstić information content (AvgIpc) is 3.37. The topological polar surface area (TPSA) is 109 Å². The molecule has 9 heteroatoms. The summed E-state index contributed by atoms with van der Waals surface area (Å²) in [5.41, 5.74) is 1.06. The molecule has 4 rings (SSSR count). The third-order valence-corrected chi connectivity index (χ3v) is 7.92. The fourth-order valence-electron chi connectivity index (χ4n) is 4.08. The van der Waals surface area contributed by atoms with Crippen LogP contribution in [0.2, 0.25) is 0 Å². The van der Waals surface area contributed by atoms with Gasteiger partial charge in [0.1, 0.15) is 12.4 Å². The van der Waals surface area contributed by atoms with Crippen LogP contribution in [0.5, 0.6) is 5.75 Å². The minimum absolute atomic E-state index is 0.119. The number of benzene rings is 2. The second kappa shape index (κ2) is 10.3. The van der Waals surface area contributed by atoms with Gasteiger partial charge in [-0.05, 0) is 62.1 Å². The number of sulfonamides is 1. The highest BCUT2D eigenvalue weighted by Crippen LogP contribution is 2.26. The van der Waals surface area contributed by atoms with Crippen molar-refractivity contribution in [3.63, 3.8) is 0 Å². The molecule has 2 fully saturated rings. The van der Waals surface area contributed by atoms with Crippen molar-refractivity contribution in [2.75, 3.05) is 31.6 Å². The molecule has 0 aliphatic carbocycles. The van der Waals surface area contributed by atoms with Crippen molar-refractivity contribution < 1.29 is 22.7 Å². The molecule has 0 aromatic heterocycles. The Morgan fingerprint density at radius 2 is 1.91 bits per heavy atom. The molecule has 2 aliphatic heterocycles. The summed E-state index contributed by atoms with van der Waals surface area (Å²) in [6.45, 7) is 1.80. The maximum Gasteiger partial charge on any atom is 0.243 e. The van der Waals surface area contributed by atoms with Crippen LogP contribution in [0, 0.1) is 17.2 Å². The molecule has 0 saturated carbocycles. The Balaban J connectivity index is 1.30. The number of ether oxygens (including phenoxy) is 2. The van der Waals surface area contributed by atoms with Crippen molar-refractivity contribution in [1.29, 1.82) is 5.26 Å². The molecule has 174 valence electrons. The summed E-state index contributed by atoms with van der Waals surface area (Å²) >= 11 is 0. The van der Waals surface area contributed by atoms with Crippen LogP contribution >= 0.6 is 0 Å². The van der Waals surface area contributed by atoms with E-state index in [1.165, 1.54) is 28.6 Å². The van der Waals surface area contributed by atoms with Crippen LogP contribution < -0.4 is 10.1 Å². The highest BCUT2D eigenvalue weighted by molar-refractivity contribution is 7.89. The first-order valence-electron chi connectivity index (χ1n) is 11.1. The molecule has 1 atom stereocenters. The van der Waals surface area contributed by atoms with Gasteiger partial charge in [-0.3, -0.25) is 4.79 Å². The van der Waals surface area contributed by atoms with E-state index in [9.17, 15) is 13.2 Å². The first-order valence-corrected chi connectivity index (χ1v) is 12.6. The molecule has 0 radical (unpaired) electrons. The fourth-order valence-corrected chi connectivity index (χ4v) is 5.55. The number of carbonyl (C=O) groups is 1. The van der Waals surface area contributed by atoms with Crippen LogP contribution in [0.3, 0.4) is 0 Å². The lowest BCUT2D eigenvalue weighted by atomic mass is 9.97. The Hall–Kier alpha value is -2.93. The molecule has 33 heavy (non-hydrogen) atoms. The van der Waals surface area contributed by atoms with E-state index in [0.29, 0.717) is 36.4 Å². The van der Waals surface area contributed by atoms with Crippen molar-refractivity contribution in [2.24, 2.45) is 5.92 Å². The smallest absolute Gasteiger partial charge is 0.243 e. The summed E-state index contributed by atoms with van der Waals surface area (Å²) in [5, 5.41) is 11.8. The van der Waals surface area contributed by atoms with Crippen LogP contribution in [0.25, 0.3) is 0 Å². The zero-order valence-electron chi connectivity index (χ0n) is 18.3. The average molecular weight is 470 g/mol. The Labute approximate surface area is 194 Å². The predicted octanol–water partition coefficient (Wildman–Crippen LogP) is 3.16. The Kier molecular flexibility index (Phi) is 7.28. The second-order valence-corrected chi connectivity index (χ2v) is 10.2. The Morgan fingerprint density at radius 1 is 1.15 bits per heavy atom. The second-order valence-electron chi connectivity index (χ2n) is 8.28. The van der Waals surface area contributed by atoms with Crippen molar-refractivity contribution in [2.45, 2.75) is 36.7 Å². The van der Waals surface area contributed by atoms with E-state index in [2.05, 4.69) is 5.32 Å². The number of nitrogens with one attached hydrogen (secondary N) is 1. The number of amides is 1. The number of nitriles is 1. The van der Waals surface area contributed by atoms with Crippen molar-refractivity contribution in [3.8, 4) is 11.8 Å². The summed E-state index contributed by atoms with van der Waals surface area (Å²) in [5.74, 6) is 0.280. The first kappa shape index (κ1) is 23.2. The molecular formula is C24H27N3O5S. The fraction of sp³-hybridized carbons (Fsp3) is 0.417. The van der Waals surface area contributed by atoms with E-state index in [4.69, 9.17) is 14.7 Å². The minimum Gasteiger partial charge on any atom is -0.491 e. The maximum atomic E-state index is 12.9. The molecule has 0 unspecified atom stereocenters. The van der Waals surface area contributed by atoms with Crippen LogP contribution in [0.4, 0.5) is 5.69 Å². The summed E-state index contributed by atoms with van der Waals surface area (Å²) in [7, 11) is -3.65. The number of carbonyl (C=O) groups excluding carboxylic acids is 1. The first-order chi connectivity index (χ1) is 16.0. The van der Waals surface area contributed by atoms with E-state index in [0.717, 1.165) is 19.4 Å². The molecule has 2 saturated heterocycles. The zero-order valence-corrected chi connectivity index (χ0v) is 19.1. The van der Waals surface area contributed by atoms with E-state index in [-0.39, 0.29) is 35.9 Å². The van der Waals surface area contributed by atoms with Gasteiger partial charge in [0, 0.05) is 37.4 Å². The van der Waals surface area contributed by atoms with Gasteiger partial charge < -0.3 is 14.8 Å². The van der Waals surface area contributed by atoms with Gasteiger partial charge in [0.2, 0.25) is 15.9 Å². The highest BCUT2D eigenvalue weighted by Gasteiger charge is 2.32. The van der Waals surface area contributed by atoms with Crippen molar-refractivity contribution >= 4 is 21.6 Å². The summed E-state index contributed by atoms with van der Waals surface area (Å²) in [6, 6.07) is 15.1. The Bertz CT molecular complexity index is 1110. The third-order valence-electron chi connectivity index (χ3n) is 6.01. The minimum atomic E-state index is -3.65. The predicted molar refractivity (Wildman–Crippen MR) is 122 cm³/mol. The van der Waals surface area contributed by atoms with E-state index in [1.807, 2.05) is 18.2 Å². The zero-order chi connectivity index (χ0) is 23.3. The number of nitrogens with zero attached hydrogens (tertiary/aromatic N) is 2. The summed E-state index contributed by atoms with van der Waals surface area (Å²) in [6.07, 6.45) is 3.05. The van der Waals surface area contributed by atoms with Crippen molar-refractivity contribution in [3.05, 3.63) is 54.1 Å². The molecule has 8 nitrogen and oxygen atoms in total.